The molecule has 0 aromatic heterocycles. The van der Waals surface area contributed by atoms with E-state index in [2.05, 4.69) is 19.2 Å². The van der Waals surface area contributed by atoms with Crippen LogP contribution in [0.3, 0.4) is 0 Å². The number of piperidine rings is 1. The zero-order valence-electron chi connectivity index (χ0n) is 13.6. The first kappa shape index (κ1) is 17.1. The minimum atomic E-state index is -0.778. The van der Waals surface area contributed by atoms with Crippen molar-refractivity contribution in [2.45, 2.75) is 26.7 Å². The van der Waals surface area contributed by atoms with Gasteiger partial charge in [-0.3, -0.25) is 4.79 Å². The molecule has 0 spiro atoms. The Morgan fingerprint density at radius 2 is 2.04 bits per heavy atom. The number of nitrogens with one attached hydrogen (secondary N) is 1. The lowest BCUT2D eigenvalue weighted by Crippen LogP contribution is -2.42. The van der Waals surface area contributed by atoms with Crippen LogP contribution in [0.25, 0.3) is 0 Å². The molecule has 1 aromatic carbocycles. The van der Waals surface area contributed by atoms with Crippen molar-refractivity contribution in [2.24, 2.45) is 11.8 Å². The number of aliphatic carboxylic acids is 1. The standard InChI is InChI=1S/C17H24N2O4/c1-12(2)11-23-15-5-3-4-14(10-15)18-17(22)19-8-6-13(7-9-19)16(20)21/h3-5,10,12-13H,6-9,11H2,1-2H3,(H,18,22)(H,20,21). The number of ether oxygens (including phenoxy) is 1. The lowest BCUT2D eigenvalue weighted by molar-refractivity contribution is -0.143. The molecular weight excluding hydrogens is 296 g/mol. The van der Waals surface area contributed by atoms with Crippen molar-refractivity contribution < 1.29 is 19.4 Å². The number of nitrogens with zero attached hydrogens (tertiary/aromatic N) is 1. The van der Waals surface area contributed by atoms with Crippen LogP contribution in [0.4, 0.5) is 10.5 Å². The first-order valence-electron chi connectivity index (χ1n) is 7.97. The minimum Gasteiger partial charge on any atom is -0.493 e. The Morgan fingerprint density at radius 1 is 1.35 bits per heavy atom. The molecule has 6 heteroatoms. The monoisotopic (exact) mass is 320 g/mol. The average Bonchev–Trinajstić information content (AvgIpc) is 2.53. The summed E-state index contributed by atoms with van der Waals surface area (Å²) in [6, 6.07) is 7.10. The number of carbonyl (C=O) groups is 2. The number of hydrogen-bond donors (Lipinski definition) is 2. The summed E-state index contributed by atoms with van der Waals surface area (Å²) < 4.78 is 5.65. The number of rotatable bonds is 5. The van der Waals surface area contributed by atoms with Crippen LogP contribution in [0.5, 0.6) is 5.75 Å². The molecule has 2 amide bonds. The van der Waals surface area contributed by atoms with Crippen molar-refractivity contribution in [1.82, 2.24) is 4.90 Å². The highest BCUT2D eigenvalue weighted by Crippen LogP contribution is 2.21. The smallest absolute Gasteiger partial charge is 0.321 e. The molecule has 0 unspecified atom stereocenters. The fourth-order valence-electron chi connectivity index (χ4n) is 2.46. The second kappa shape index (κ2) is 7.85. The van der Waals surface area contributed by atoms with E-state index in [1.54, 1.807) is 11.0 Å². The van der Waals surface area contributed by atoms with Gasteiger partial charge in [-0.2, -0.15) is 0 Å². The van der Waals surface area contributed by atoms with Gasteiger partial charge in [-0.15, -0.1) is 0 Å². The molecule has 1 fully saturated rings. The summed E-state index contributed by atoms with van der Waals surface area (Å²) in [7, 11) is 0. The molecule has 23 heavy (non-hydrogen) atoms. The van der Waals surface area contributed by atoms with E-state index in [0.717, 1.165) is 5.75 Å². The van der Waals surface area contributed by atoms with Crippen LogP contribution in [-0.4, -0.2) is 41.7 Å². The summed E-state index contributed by atoms with van der Waals surface area (Å²) in [6.45, 7) is 5.71. The van der Waals surface area contributed by atoms with Gasteiger partial charge >= 0.3 is 12.0 Å². The SMILES string of the molecule is CC(C)COc1cccc(NC(=O)N2CCC(C(=O)O)CC2)c1. The zero-order chi connectivity index (χ0) is 16.8. The topological polar surface area (TPSA) is 78.9 Å². The zero-order valence-corrected chi connectivity index (χ0v) is 13.6. The Labute approximate surface area is 136 Å². The molecule has 2 rings (SSSR count). The van der Waals surface area contributed by atoms with E-state index in [9.17, 15) is 9.59 Å². The number of hydrogen-bond acceptors (Lipinski definition) is 3. The molecule has 0 radical (unpaired) electrons. The van der Waals surface area contributed by atoms with Crippen LogP contribution in [0.15, 0.2) is 24.3 Å². The summed E-state index contributed by atoms with van der Waals surface area (Å²) in [5.74, 6) is 0.0386. The van der Waals surface area contributed by atoms with E-state index >= 15 is 0 Å². The van der Waals surface area contributed by atoms with Crippen molar-refractivity contribution in [3.8, 4) is 5.75 Å². The molecule has 126 valence electrons. The highest BCUT2D eigenvalue weighted by Gasteiger charge is 2.26. The number of carbonyl (C=O) groups excluding carboxylic acids is 1. The van der Waals surface area contributed by atoms with Crippen molar-refractivity contribution >= 4 is 17.7 Å². The van der Waals surface area contributed by atoms with Gasteiger partial charge in [-0.25, -0.2) is 4.79 Å². The van der Waals surface area contributed by atoms with Gasteiger partial charge in [-0.05, 0) is 30.9 Å². The number of carboxylic acids is 1. The highest BCUT2D eigenvalue weighted by atomic mass is 16.5. The van der Waals surface area contributed by atoms with E-state index in [0.29, 0.717) is 44.1 Å². The summed E-state index contributed by atoms with van der Waals surface area (Å²) in [5.41, 5.74) is 0.677. The molecule has 1 aromatic rings. The van der Waals surface area contributed by atoms with Gasteiger partial charge in [0.1, 0.15) is 5.75 Å². The van der Waals surface area contributed by atoms with Gasteiger partial charge < -0.3 is 20.1 Å². The summed E-state index contributed by atoms with van der Waals surface area (Å²) >= 11 is 0. The van der Waals surface area contributed by atoms with E-state index in [1.165, 1.54) is 0 Å². The number of urea groups is 1. The second-order valence-electron chi connectivity index (χ2n) is 6.26. The maximum absolute atomic E-state index is 12.2. The maximum atomic E-state index is 12.2. The molecule has 0 aliphatic carbocycles. The van der Waals surface area contributed by atoms with E-state index < -0.39 is 5.97 Å². The van der Waals surface area contributed by atoms with Crippen LogP contribution in [-0.2, 0) is 4.79 Å². The minimum absolute atomic E-state index is 0.199. The predicted molar refractivity (Wildman–Crippen MR) is 87.7 cm³/mol. The van der Waals surface area contributed by atoms with E-state index in [-0.39, 0.29) is 11.9 Å². The molecule has 6 nitrogen and oxygen atoms in total. The largest absolute Gasteiger partial charge is 0.493 e. The number of amides is 2. The van der Waals surface area contributed by atoms with Gasteiger partial charge in [0.2, 0.25) is 0 Å². The third-order valence-electron chi connectivity index (χ3n) is 3.80. The Balaban J connectivity index is 1.88. The molecule has 1 heterocycles. The van der Waals surface area contributed by atoms with Crippen LogP contribution in [0.2, 0.25) is 0 Å². The fraction of sp³-hybridized carbons (Fsp3) is 0.529. The molecule has 1 aliphatic heterocycles. The number of likely N-dealkylation sites (tertiary alicyclic amines) is 1. The average molecular weight is 320 g/mol. The van der Waals surface area contributed by atoms with Gasteiger partial charge in [0.25, 0.3) is 0 Å². The third-order valence-corrected chi connectivity index (χ3v) is 3.80. The summed E-state index contributed by atoms with van der Waals surface area (Å²) in [4.78, 5) is 24.8. The van der Waals surface area contributed by atoms with Gasteiger partial charge in [-0.1, -0.05) is 19.9 Å². The molecule has 2 N–H and O–H groups in total. The van der Waals surface area contributed by atoms with Gasteiger partial charge in [0, 0.05) is 24.8 Å². The molecule has 0 bridgehead atoms. The predicted octanol–water partition coefficient (Wildman–Crippen LogP) is 3.05. The van der Waals surface area contributed by atoms with Crippen molar-refractivity contribution in [2.75, 3.05) is 25.0 Å². The first-order chi connectivity index (χ1) is 11.0. The normalized spacial score (nSPS) is 15.5. The molecule has 0 atom stereocenters. The number of carboxylic acid groups (broad SMARTS) is 1. The number of anilines is 1. The Hall–Kier alpha value is -2.24. The van der Waals surface area contributed by atoms with Crippen LogP contribution in [0.1, 0.15) is 26.7 Å². The lowest BCUT2D eigenvalue weighted by Gasteiger charge is -2.30. The van der Waals surface area contributed by atoms with E-state index in [4.69, 9.17) is 9.84 Å². The van der Waals surface area contributed by atoms with E-state index in [1.807, 2.05) is 18.2 Å². The van der Waals surface area contributed by atoms with Gasteiger partial charge in [0.15, 0.2) is 0 Å². The van der Waals surface area contributed by atoms with Crippen LogP contribution >= 0.6 is 0 Å². The molecule has 0 saturated carbocycles. The van der Waals surface area contributed by atoms with Gasteiger partial charge in [0.05, 0.1) is 12.5 Å². The second-order valence-corrected chi connectivity index (χ2v) is 6.26. The summed E-state index contributed by atoms with van der Waals surface area (Å²) in [5, 5.41) is 11.8. The van der Waals surface area contributed by atoms with Crippen molar-refractivity contribution in [3.05, 3.63) is 24.3 Å². The number of benzene rings is 1. The fourth-order valence-corrected chi connectivity index (χ4v) is 2.46. The lowest BCUT2D eigenvalue weighted by atomic mass is 9.97. The molecule has 1 aliphatic rings. The Morgan fingerprint density at radius 3 is 2.65 bits per heavy atom. The summed E-state index contributed by atoms with van der Waals surface area (Å²) in [6.07, 6.45) is 1.00. The molecule has 1 saturated heterocycles. The maximum Gasteiger partial charge on any atom is 0.321 e. The third kappa shape index (κ3) is 5.16. The first-order valence-corrected chi connectivity index (χ1v) is 7.97. The quantitative estimate of drug-likeness (QED) is 0.874. The van der Waals surface area contributed by atoms with Crippen LogP contribution < -0.4 is 10.1 Å². The highest BCUT2D eigenvalue weighted by molar-refractivity contribution is 5.89. The molecular formula is C17H24N2O4. The Bertz CT molecular complexity index is 551. The van der Waals surface area contributed by atoms with Crippen molar-refractivity contribution in [1.29, 1.82) is 0 Å². The Kier molecular flexibility index (Phi) is 5.84. The van der Waals surface area contributed by atoms with Crippen LogP contribution in [0, 0.1) is 11.8 Å². The van der Waals surface area contributed by atoms with Crippen molar-refractivity contribution in [3.63, 3.8) is 0 Å².